The molecule has 2 atom stereocenters. The molecule has 2 unspecified atom stereocenters. The molecule has 100 valence electrons. The number of benzene rings is 1. The minimum atomic E-state index is -0.126. The SMILES string of the molecule is CCN(Cc1ccccc1)C(C)C(C)C(=O)NN. The van der Waals surface area contributed by atoms with Crippen LogP contribution in [0.2, 0.25) is 0 Å². The molecule has 0 fully saturated rings. The monoisotopic (exact) mass is 249 g/mol. The van der Waals surface area contributed by atoms with Crippen molar-refractivity contribution < 1.29 is 4.79 Å². The quantitative estimate of drug-likeness (QED) is 0.456. The lowest BCUT2D eigenvalue weighted by atomic mass is 10.0. The Labute approximate surface area is 109 Å². The van der Waals surface area contributed by atoms with Gasteiger partial charge in [-0.2, -0.15) is 0 Å². The Morgan fingerprint density at radius 3 is 2.44 bits per heavy atom. The molecule has 0 radical (unpaired) electrons. The van der Waals surface area contributed by atoms with E-state index >= 15 is 0 Å². The summed E-state index contributed by atoms with van der Waals surface area (Å²) < 4.78 is 0. The van der Waals surface area contributed by atoms with Crippen LogP contribution in [-0.4, -0.2) is 23.4 Å². The van der Waals surface area contributed by atoms with Crippen LogP contribution in [0.3, 0.4) is 0 Å². The molecule has 4 nitrogen and oxygen atoms in total. The maximum absolute atomic E-state index is 11.6. The minimum Gasteiger partial charge on any atom is -0.296 e. The summed E-state index contributed by atoms with van der Waals surface area (Å²) in [4.78, 5) is 13.8. The van der Waals surface area contributed by atoms with E-state index in [1.54, 1.807) is 0 Å². The number of hydrogen-bond donors (Lipinski definition) is 2. The molecule has 0 spiro atoms. The molecule has 3 N–H and O–H groups in total. The van der Waals surface area contributed by atoms with Crippen molar-refractivity contribution in [1.82, 2.24) is 10.3 Å². The minimum absolute atomic E-state index is 0.117. The van der Waals surface area contributed by atoms with Gasteiger partial charge in [0.2, 0.25) is 5.91 Å². The van der Waals surface area contributed by atoms with Crippen molar-refractivity contribution in [3.63, 3.8) is 0 Å². The summed E-state index contributed by atoms with van der Waals surface area (Å²) in [7, 11) is 0. The zero-order chi connectivity index (χ0) is 13.5. The Morgan fingerprint density at radius 2 is 1.94 bits per heavy atom. The zero-order valence-corrected chi connectivity index (χ0v) is 11.4. The maximum atomic E-state index is 11.6. The van der Waals surface area contributed by atoms with Gasteiger partial charge in [-0.1, -0.05) is 44.2 Å². The Bertz CT molecular complexity index is 367. The van der Waals surface area contributed by atoms with Crippen molar-refractivity contribution in [2.75, 3.05) is 6.54 Å². The zero-order valence-electron chi connectivity index (χ0n) is 11.4. The van der Waals surface area contributed by atoms with Crippen LogP contribution in [0.1, 0.15) is 26.3 Å². The third-order valence-electron chi connectivity index (χ3n) is 3.49. The molecule has 0 aromatic heterocycles. The van der Waals surface area contributed by atoms with E-state index in [1.165, 1.54) is 5.56 Å². The van der Waals surface area contributed by atoms with Gasteiger partial charge in [0.05, 0.1) is 5.92 Å². The average molecular weight is 249 g/mol. The highest BCUT2D eigenvalue weighted by molar-refractivity contribution is 5.78. The number of hydrogen-bond acceptors (Lipinski definition) is 3. The van der Waals surface area contributed by atoms with Crippen LogP contribution in [-0.2, 0) is 11.3 Å². The number of nitrogens with two attached hydrogens (primary N) is 1. The van der Waals surface area contributed by atoms with Crippen molar-refractivity contribution in [2.45, 2.75) is 33.4 Å². The summed E-state index contributed by atoms with van der Waals surface area (Å²) in [6.45, 7) is 7.82. The van der Waals surface area contributed by atoms with Crippen LogP contribution in [0.15, 0.2) is 30.3 Å². The predicted octanol–water partition coefficient (Wildman–Crippen LogP) is 1.52. The first-order chi connectivity index (χ1) is 8.60. The van der Waals surface area contributed by atoms with Gasteiger partial charge in [0.15, 0.2) is 0 Å². The molecule has 0 heterocycles. The molecule has 1 amide bonds. The van der Waals surface area contributed by atoms with Gasteiger partial charge in [0, 0.05) is 12.6 Å². The molecule has 1 aromatic rings. The van der Waals surface area contributed by atoms with Crippen LogP contribution in [0.25, 0.3) is 0 Å². The fourth-order valence-electron chi connectivity index (χ4n) is 2.03. The molecular weight excluding hydrogens is 226 g/mol. The Kier molecular flexibility index (Phi) is 5.82. The number of carbonyl (C=O) groups excluding carboxylic acids is 1. The van der Waals surface area contributed by atoms with E-state index in [2.05, 4.69) is 36.3 Å². The van der Waals surface area contributed by atoms with Gasteiger partial charge in [-0.25, -0.2) is 5.84 Å². The summed E-state index contributed by atoms with van der Waals surface area (Å²) in [5.41, 5.74) is 3.48. The number of hydrazine groups is 1. The smallest absolute Gasteiger partial charge is 0.238 e. The van der Waals surface area contributed by atoms with Crippen molar-refractivity contribution in [2.24, 2.45) is 11.8 Å². The van der Waals surface area contributed by atoms with Crippen LogP contribution in [0.5, 0.6) is 0 Å². The predicted molar refractivity (Wildman–Crippen MR) is 73.5 cm³/mol. The lowest BCUT2D eigenvalue weighted by Crippen LogP contribution is -2.45. The van der Waals surface area contributed by atoms with E-state index in [9.17, 15) is 4.79 Å². The van der Waals surface area contributed by atoms with Gasteiger partial charge in [-0.05, 0) is 19.0 Å². The third-order valence-corrected chi connectivity index (χ3v) is 3.49. The summed E-state index contributed by atoms with van der Waals surface area (Å²) in [6.07, 6.45) is 0. The number of nitrogens with zero attached hydrogens (tertiary/aromatic N) is 1. The molecular formula is C14H23N3O. The number of nitrogens with one attached hydrogen (secondary N) is 1. The largest absolute Gasteiger partial charge is 0.296 e. The van der Waals surface area contributed by atoms with E-state index in [0.29, 0.717) is 0 Å². The molecule has 0 aliphatic heterocycles. The highest BCUT2D eigenvalue weighted by Gasteiger charge is 2.24. The summed E-state index contributed by atoms with van der Waals surface area (Å²) in [5.74, 6) is 4.94. The van der Waals surface area contributed by atoms with Crippen molar-refractivity contribution in [1.29, 1.82) is 0 Å². The average Bonchev–Trinajstić information content (AvgIpc) is 2.43. The first-order valence-corrected chi connectivity index (χ1v) is 6.38. The Balaban J connectivity index is 2.68. The lowest BCUT2D eigenvalue weighted by molar-refractivity contribution is -0.126. The Morgan fingerprint density at radius 1 is 1.33 bits per heavy atom. The molecule has 18 heavy (non-hydrogen) atoms. The fraction of sp³-hybridized carbons (Fsp3) is 0.500. The lowest BCUT2D eigenvalue weighted by Gasteiger charge is -2.31. The molecule has 1 aromatic carbocycles. The van der Waals surface area contributed by atoms with Gasteiger partial charge >= 0.3 is 0 Å². The molecule has 0 bridgehead atoms. The first-order valence-electron chi connectivity index (χ1n) is 6.38. The second kappa shape index (κ2) is 7.13. The van der Waals surface area contributed by atoms with Crippen LogP contribution in [0.4, 0.5) is 0 Å². The standard InChI is InChI=1S/C14H23N3O/c1-4-17(10-13-8-6-5-7-9-13)12(3)11(2)14(18)16-15/h5-9,11-12H,4,10,15H2,1-3H3,(H,16,18). The fourth-order valence-corrected chi connectivity index (χ4v) is 2.03. The van der Waals surface area contributed by atoms with Gasteiger partial charge in [0.25, 0.3) is 0 Å². The summed E-state index contributed by atoms with van der Waals surface area (Å²) in [5, 5.41) is 0. The van der Waals surface area contributed by atoms with Crippen LogP contribution in [0, 0.1) is 5.92 Å². The molecule has 0 saturated heterocycles. The first kappa shape index (κ1) is 14.7. The third kappa shape index (κ3) is 3.82. The summed E-state index contributed by atoms with van der Waals surface area (Å²) >= 11 is 0. The van der Waals surface area contributed by atoms with E-state index in [0.717, 1.165) is 13.1 Å². The van der Waals surface area contributed by atoms with E-state index in [-0.39, 0.29) is 17.9 Å². The van der Waals surface area contributed by atoms with E-state index in [1.807, 2.05) is 25.1 Å². The number of amides is 1. The second-order valence-electron chi connectivity index (χ2n) is 4.59. The molecule has 0 saturated carbocycles. The molecule has 0 aliphatic carbocycles. The van der Waals surface area contributed by atoms with Gasteiger partial charge in [-0.15, -0.1) is 0 Å². The van der Waals surface area contributed by atoms with Gasteiger partial charge in [-0.3, -0.25) is 15.1 Å². The topological polar surface area (TPSA) is 58.4 Å². The second-order valence-corrected chi connectivity index (χ2v) is 4.59. The molecule has 4 heteroatoms. The molecule has 1 rings (SSSR count). The van der Waals surface area contributed by atoms with E-state index in [4.69, 9.17) is 5.84 Å². The van der Waals surface area contributed by atoms with E-state index < -0.39 is 0 Å². The van der Waals surface area contributed by atoms with Gasteiger partial charge in [0.1, 0.15) is 0 Å². The van der Waals surface area contributed by atoms with Crippen molar-refractivity contribution in [3.8, 4) is 0 Å². The highest BCUT2D eigenvalue weighted by atomic mass is 16.2. The number of rotatable bonds is 6. The van der Waals surface area contributed by atoms with Crippen molar-refractivity contribution >= 4 is 5.91 Å². The van der Waals surface area contributed by atoms with Crippen LogP contribution < -0.4 is 11.3 Å². The molecule has 0 aliphatic rings. The summed E-state index contributed by atoms with van der Waals surface area (Å²) in [6, 6.07) is 10.4. The number of carbonyl (C=O) groups is 1. The van der Waals surface area contributed by atoms with Gasteiger partial charge < -0.3 is 0 Å². The maximum Gasteiger partial charge on any atom is 0.238 e. The van der Waals surface area contributed by atoms with Crippen LogP contribution >= 0.6 is 0 Å². The van der Waals surface area contributed by atoms with Crippen molar-refractivity contribution in [3.05, 3.63) is 35.9 Å². The Hall–Kier alpha value is -1.39. The highest BCUT2D eigenvalue weighted by Crippen LogP contribution is 2.14. The normalized spacial score (nSPS) is 14.3.